The van der Waals surface area contributed by atoms with E-state index in [0.29, 0.717) is 50.0 Å². The fourth-order valence-corrected chi connectivity index (χ4v) is 4.17. The minimum atomic E-state index is -0.687. The molecule has 1 heterocycles. The Labute approximate surface area is 177 Å². The number of nitrogens with zero attached hydrogens (tertiary/aromatic N) is 3. The van der Waals surface area contributed by atoms with Crippen LogP contribution in [0.1, 0.15) is 32.1 Å². The number of amides is 2. The van der Waals surface area contributed by atoms with Gasteiger partial charge in [0.2, 0.25) is 11.8 Å². The van der Waals surface area contributed by atoms with Crippen LogP contribution in [0.5, 0.6) is 0 Å². The lowest BCUT2D eigenvalue weighted by Gasteiger charge is -2.35. The van der Waals surface area contributed by atoms with Crippen LogP contribution in [0.4, 0.5) is 5.69 Å². The topological polar surface area (TPSA) is 88.5 Å². The van der Waals surface area contributed by atoms with Gasteiger partial charge < -0.3 is 10.6 Å². The lowest BCUT2D eigenvalue weighted by Crippen LogP contribution is -2.54. The molecule has 1 saturated heterocycles. The van der Waals surface area contributed by atoms with Gasteiger partial charge in [-0.05, 0) is 25.0 Å². The third-order valence-corrected chi connectivity index (χ3v) is 5.98. The number of piperazine rings is 1. The molecule has 156 valence electrons. The van der Waals surface area contributed by atoms with Crippen molar-refractivity contribution in [2.75, 3.05) is 44.6 Å². The van der Waals surface area contributed by atoms with Crippen molar-refractivity contribution in [2.45, 2.75) is 37.6 Å². The summed E-state index contributed by atoms with van der Waals surface area (Å²) in [4.78, 5) is 28.8. The highest BCUT2D eigenvalue weighted by Gasteiger charge is 2.34. The van der Waals surface area contributed by atoms with Crippen LogP contribution in [-0.2, 0) is 9.59 Å². The highest BCUT2D eigenvalue weighted by Crippen LogP contribution is 2.27. The molecule has 7 nitrogen and oxygen atoms in total. The number of benzene rings is 1. The first-order valence-electron chi connectivity index (χ1n) is 10.2. The van der Waals surface area contributed by atoms with Gasteiger partial charge in [0.25, 0.3) is 0 Å². The summed E-state index contributed by atoms with van der Waals surface area (Å²) in [5.41, 5.74) is -0.0721. The molecule has 0 atom stereocenters. The predicted molar refractivity (Wildman–Crippen MR) is 113 cm³/mol. The number of nitriles is 1. The van der Waals surface area contributed by atoms with Crippen molar-refractivity contribution in [2.24, 2.45) is 0 Å². The maximum Gasteiger partial charge on any atom is 0.238 e. The first kappa shape index (κ1) is 21.6. The molecule has 29 heavy (non-hydrogen) atoms. The van der Waals surface area contributed by atoms with Crippen molar-refractivity contribution >= 4 is 29.1 Å². The number of para-hydroxylation sites is 1. The fraction of sp³-hybridized carbons (Fsp3) is 0.571. The van der Waals surface area contributed by atoms with Gasteiger partial charge in [0.05, 0.1) is 29.9 Å². The summed E-state index contributed by atoms with van der Waals surface area (Å²) in [6.45, 7) is 3.45. The zero-order valence-electron chi connectivity index (χ0n) is 16.6. The van der Waals surface area contributed by atoms with Crippen molar-refractivity contribution in [3.05, 3.63) is 29.3 Å². The van der Waals surface area contributed by atoms with E-state index in [1.165, 1.54) is 0 Å². The molecule has 1 saturated carbocycles. The molecular weight excluding hydrogens is 390 g/mol. The van der Waals surface area contributed by atoms with Gasteiger partial charge in [-0.3, -0.25) is 19.4 Å². The Morgan fingerprint density at radius 3 is 2.17 bits per heavy atom. The molecule has 8 heteroatoms. The van der Waals surface area contributed by atoms with Crippen molar-refractivity contribution < 1.29 is 9.59 Å². The van der Waals surface area contributed by atoms with Gasteiger partial charge in [0.1, 0.15) is 5.54 Å². The van der Waals surface area contributed by atoms with Gasteiger partial charge >= 0.3 is 0 Å². The third-order valence-electron chi connectivity index (χ3n) is 5.65. The van der Waals surface area contributed by atoms with Gasteiger partial charge in [-0.15, -0.1) is 0 Å². The van der Waals surface area contributed by atoms with E-state index in [4.69, 9.17) is 11.6 Å². The lowest BCUT2D eigenvalue weighted by atomic mass is 9.83. The molecule has 0 bridgehead atoms. The summed E-state index contributed by atoms with van der Waals surface area (Å²) in [6, 6.07) is 9.49. The number of rotatable bonds is 6. The molecule has 2 fully saturated rings. The number of hydrogen-bond acceptors (Lipinski definition) is 5. The molecule has 2 N–H and O–H groups in total. The summed E-state index contributed by atoms with van der Waals surface area (Å²) in [5.74, 6) is -0.184. The lowest BCUT2D eigenvalue weighted by molar-refractivity contribution is -0.125. The van der Waals surface area contributed by atoms with Crippen LogP contribution in [0.25, 0.3) is 0 Å². The third kappa shape index (κ3) is 6.17. The van der Waals surface area contributed by atoms with Gasteiger partial charge in [-0.2, -0.15) is 5.26 Å². The van der Waals surface area contributed by atoms with E-state index in [1.807, 2.05) is 12.1 Å². The Bertz CT molecular complexity index is 765. The Hall–Kier alpha value is -2.14. The van der Waals surface area contributed by atoms with E-state index in [9.17, 15) is 14.9 Å². The molecule has 2 amide bonds. The standard InChI is InChI=1S/C21H28ClN5O2/c22-17-6-2-3-7-18(17)24-19(28)14-26-10-12-27(13-11-26)15-20(29)25-21(16-23)8-4-1-5-9-21/h2-3,6-7H,1,4-5,8-15H2,(H,24,28)(H,25,29). The maximum atomic E-state index is 12.4. The fourth-order valence-electron chi connectivity index (χ4n) is 3.99. The smallest absolute Gasteiger partial charge is 0.238 e. The van der Waals surface area contributed by atoms with Crippen LogP contribution in [-0.4, -0.2) is 66.4 Å². The van der Waals surface area contributed by atoms with Crippen LogP contribution in [0.2, 0.25) is 5.02 Å². The molecule has 0 aromatic heterocycles. The van der Waals surface area contributed by atoms with E-state index >= 15 is 0 Å². The van der Waals surface area contributed by atoms with E-state index < -0.39 is 5.54 Å². The highest BCUT2D eigenvalue weighted by molar-refractivity contribution is 6.33. The first-order valence-corrected chi connectivity index (χ1v) is 10.6. The molecule has 1 aliphatic heterocycles. The summed E-state index contributed by atoms with van der Waals surface area (Å²) >= 11 is 6.08. The normalized spacial score (nSPS) is 19.9. The molecule has 1 aromatic carbocycles. The van der Waals surface area contributed by atoms with E-state index in [0.717, 1.165) is 32.1 Å². The first-order chi connectivity index (χ1) is 14.0. The zero-order chi connectivity index (χ0) is 20.7. The summed E-state index contributed by atoms with van der Waals surface area (Å²) < 4.78 is 0. The van der Waals surface area contributed by atoms with Crippen molar-refractivity contribution in [1.29, 1.82) is 5.26 Å². The van der Waals surface area contributed by atoms with Crippen molar-refractivity contribution in [3.8, 4) is 6.07 Å². The number of carbonyl (C=O) groups excluding carboxylic acids is 2. The average Bonchev–Trinajstić information content (AvgIpc) is 2.72. The largest absolute Gasteiger partial charge is 0.337 e. The summed E-state index contributed by atoms with van der Waals surface area (Å²) in [7, 11) is 0. The van der Waals surface area contributed by atoms with Crippen LogP contribution in [0, 0.1) is 11.3 Å². The number of nitrogens with one attached hydrogen (secondary N) is 2. The monoisotopic (exact) mass is 417 g/mol. The van der Waals surface area contributed by atoms with Crippen molar-refractivity contribution in [3.63, 3.8) is 0 Å². The quantitative estimate of drug-likeness (QED) is 0.741. The Morgan fingerprint density at radius 1 is 1.00 bits per heavy atom. The number of halogens is 1. The van der Waals surface area contributed by atoms with Crippen LogP contribution < -0.4 is 10.6 Å². The molecule has 3 rings (SSSR count). The molecule has 0 spiro atoms. The van der Waals surface area contributed by atoms with Crippen LogP contribution in [0.15, 0.2) is 24.3 Å². The highest BCUT2D eigenvalue weighted by atomic mass is 35.5. The number of anilines is 1. The van der Waals surface area contributed by atoms with Crippen LogP contribution in [0.3, 0.4) is 0 Å². The van der Waals surface area contributed by atoms with Crippen LogP contribution >= 0.6 is 11.6 Å². The van der Waals surface area contributed by atoms with E-state index in [-0.39, 0.29) is 11.8 Å². The zero-order valence-corrected chi connectivity index (χ0v) is 17.4. The Morgan fingerprint density at radius 2 is 1.59 bits per heavy atom. The van der Waals surface area contributed by atoms with Gasteiger partial charge in [0, 0.05) is 26.2 Å². The Kier molecular flexibility index (Phi) is 7.48. The van der Waals surface area contributed by atoms with Gasteiger partial charge in [0.15, 0.2) is 0 Å². The predicted octanol–water partition coefficient (Wildman–Crippen LogP) is 2.24. The molecular formula is C21H28ClN5O2. The van der Waals surface area contributed by atoms with E-state index in [2.05, 4.69) is 26.5 Å². The van der Waals surface area contributed by atoms with E-state index in [1.54, 1.807) is 12.1 Å². The van der Waals surface area contributed by atoms with Crippen molar-refractivity contribution in [1.82, 2.24) is 15.1 Å². The summed E-state index contributed by atoms with van der Waals surface area (Å²) in [6.07, 6.45) is 4.59. The molecule has 2 aliphatic rings. The minimum absolute atomic E-state index is 0.0848. The summed E-state index contributed by atoms with van der Waals surface area (Å²) in [5, 5.41) is 15.8. The minimum Gasteiger partial charge on any atom is -0.337 e. The molecule has 1 aliphatic carbocycles. The second kappa shape index (κ2) is 10.1. The maximum absolute atomic E-state index is 12.4. The second-order valence-electron chi connectivity index (χ2n) is 7.88. The number of hydrogen-bond donors (Lipinski definition) is 2. The molecule has 0 radical (unpaired) electrons. The molecule has 0 unspecified atom stereocenters. The average molecular weight is 418 g/mol. The second-order valence-corrected chi connectivity index (χ2v) is 8.29. The van der Waals surface area contributed by atoms with Gasteiger partial charge in [-0.25, -0.2) is 0 Å². The SMILES string of the molecule is N#CC1(NC(=O)CN2CCN(CC(=O)Nc3ccccc3Cl)CC2)CCCCC1. The Balaban J connectivity index is 1.40. The van der Waals surface area contributed by atoms with Gasteiger partial charge in [-0.1, -0.05) is 43.0 Å². The number of carbonyl (C=O) groups is 2. The molecule has 1 aromatic rings.